The molecule has 0 amide bonds. The van der Waals surface area contributed by atoms with Crippen molar-refractivity contribution in [3.05, 3.63) is 0 Å². The van der Waals surface area contributed by atoms with Gasteiger partial charge < -0.3 is 9.84 Å². The quantitative estimate of drug-likeness (QED) is 0.726. The Morgan fingerprint density at radius 1 is 1.31 bits per heavy atom. The van der Waals surface area contributed by atoms with Gasteiger partial charge in [-0.25, -0.2) is 0 Å². The van der Waals surface area contributed by atoms with Gasteiger partial charge in [-0.1, -0.05) is 0 Å². The van der Waals surface area contributed by atoms with Crippen molar-refractivity contribution in [1.82, 2.24) is 9.80 Å². The summed E-state index contributed by atoms with van der Waals surface area (Å²) in [5.41, 5.74) is 0. The predicted molar refractivity (Wildman–Crippen MR) is 61.6 cm³/mol. The van der Waals surface area contributed by atoms with E-state index in [0.717, 1.165) is 32.7 Å². The second-order valence-corrected chi connectivity index (χ2v) is 4.40. The SMILES string of the molecule is COC(C)CN1CCN(C(C)C(=O)O)CC1. The molecule has 1 N–H and O–H groups in total. The van der Waals surface area contributed by atoms with Crippen molar-refractivity contribution < 1.29 is 14.6 Å². The lowest BCUT2D eigenvalue weighted by Crippen LogP contribution is -2.52. The molecule has 2 unspecified atom stereocenters. The van der Waals surface area contributed by atoms with Crippen LogP contribution < -0.4 is 0 Å². The summed E-state index contributed by atoms with van der Waals surface area (Å²) in [5, 5.41) is 8.91. The van der Waals surface area contributed by atoms with Crippen molar-refractivity contribution in [2.24, 2.45) is 0 Å². The van der Waals surface area contributed by atoms with Gasteiger partial charge in [0, 0.05) is 39.8 Å². The van der Waals surface area contributed by atoms with E-state index in [1.807, 2.05) is 11.8 Å². The molecule has 2 atom stereocenters. The van der Waals surface area contributed by atoms with Crippen LogP contribution in [0.3, 0.4) is 0 Å². The van der Waals surface area contributed by atoms with Crippen molar-refractivity contribution in [2.45, 2.75) is 26.0 Å². The van der Waals surface area contributed by atoms with Gasteiger partial charge in [-0.3, -0.25) is 14.6 Å². The molecule has 0 aromatic carbocycles. The van der Waals surface area contributed by atoms with Crippen molar-refractivity contribution in [1.29, 1.82) is 0 Å². The molecule has 1 aliphatic heterocycles. The summed E-state index contributed by atoms with van der Waals surface area (Å²) in [6, 6.07) is -0.373. The predicted octanol–water partition coefficient (Wildman–Crippen LogP) is 0.112. The Labute approximate surface area is 97.0 Å². The van der Waals surface area contributed by atoms with E-state index >= 15 is 0 Å². The molecule has 0 radical (unpaired) electrons. The summed E-state index contributed by atoms with van der Waals surface area (Å²) in [5.74, 6) is -0.737. The zero-order valence-corrected chi connectivity index (χ0v) is 10.3. The second kappa shape index (κ2) is 6.18. The van der Waals surface area contributed by atoms with Gasteiger partial charge in [0.1, 0.15) is 6.04 Å². The highest BCUT2D eigenvalue weighted by molar-refractivity contribution is 5.72. The molecule has 16 heavy (non-hydrogen) atoms. The van der Waals surface area contributed by atoms with Crippen molar-refractivity contribution >= 4 is 5.97 Å². The van der Waals surface area contributed by atoms with Gasteiger partial charge in [0.05, 0.1) is 6.10 Å². The molecule has 0 bridgehead atoms. The van der Waals surface area contributed by atoms with Crippen LogP contribution in [-0.4, -0.2) is 72.9 Å². The summed E-state index contributed by atoms with van der Waals surface area (Å²) in [4.78, 5) is 15.2. The Kier molecular flexibility index (Phi) is 5.18. The number of ether oxygens (including phenoxy) is 1. The van der Waals surface area contributed by atoms with E-state index in [2.05, 4.69) is 4.90 Å². The highest BCUT2D eigenvalue weighted by Gasteiger charge is 2.25. The molecule has 1 fully saturated rings. The maximum atomic E-state index is 10.8. The zero-order chi connectivity index (χ0) is 12.1. The first-order valence-corrected chi connectivity index (χ1v) is 5.76. The topological polar surface area (TPSA) is 53.0 Å². The van der Waals surface area contributed by atoms with Gasteiger partial charge in [-0.2, -0.15) is 0 Å². The van der Waals surface area contributed by atoms with Crippen molar-refractivity contribution in [2.75, 3.05) is 39.8 Å². The van der Waals surface area contributed by atoms with E-state index in [1.54, 1.807) is 14.0 Å². The van der Waals surface area contributed by atoms with E-state index in [9.17, 15) is 4.79 Å². The fourth-order valence-electron chi connectivity index (χ4n) is 1.93. The van der Waals surface area contributed by atoms with Crippen LogP contribution in [0.5, 0.6) is 0 Å². The molecule has 1 saturated heterocycles. The first-order valence-electron chi connectivity index (χ1n) is 5.76. The minimum absolute atomic E-state index is 0.239. The number of hydrogen-bond donors (Lipinski definition) is 1. The second-order valence-electron chi connectivity index (χ2n) is 4.40. The molecular weight excluding hydrogens is 208 g/mol. The van der Waals surface area contributed by atoms with Gasteiger partial charge in [0.2, 0.25) is 0 Å². The third-order valence-electron chi connectivity index (χ3n) is 3.23. The number of carbonyl (C=O) groups is 1. The molecule has 94 valence electrons. The Hall–Kier alpha value is -0.650. The number of rotatable bonds is 5. The lowest BCUT2D eigenvalue weighted by atomic mass is 10.2. The van der Waals surface area contributed by atoms with Crippen LogP contribution in [0.4, 0.5) is 0 Å². The molecule has 5 heteroatoms. The average Bonchev–Trinajstić information content (AvgIpc) is 2.28. The van der Waals surface area contributed by atoms with Crippen LogP contribution in [0, 0.1) is 0 Å². The van der Waals surface area contributed by atoms with Crippen LogP contribution in [0.25, 0.3) is 0 Å². The highest BCUT2D eigenvalue weighted by Crippen LogP contribution is 2.07. The molecular formula is C11H22N2O3. The largest absolute Gasteiger partial charge is 0.480 e. The number of hydrogen-bond acceptors (Lipinski definition) is 4. The van der Waals surface area contributed by atoms with Gasteiger partial charge >= 0.3 is 5.97 Å². The number of nitrogens with zero attached hydrogens (tertiary/aromatic N) is 2. The van der Waals surface area contributed by atoms with Gasteiger partial charge in [0.15, 0.2) is 0 Å². The zero-order valence-electron chi connectivity index (χ0n) is 10.3. The first kappa shape index (κ1) is 13.4. The Bertz CT molecular complexity index is 227. The lowest BCUT2D eigenvalue weighted by molar-refractivity contribution is -0.143. The molecule has 1 rings (SSSR count). The normalized spacial score (nSPS) is 22.9. The van der Waals surface area contributed by atoms with Crippen LogP contribution in [0.1, 0.15) is 13.8 Å². The molecule has 1 aliphatic rings. The third-order valence-corrected chi connectivity index (χ3v) is 3.23. The van der Waals surface area contributed by atoms with Gasteiger partial charge in [-0.05, 0) is 13.8 Å². The van der Waals surface area contributed by atoms with Crippen LogP contribution in [-0.2, 0) is 9.53 Å². The molecule has 0 aromatic rings. The fourth-order valence-corrected chi connectivity index (χ4v) is 1.93. The number of methoxy groups -OCH3 is 1. The maximum absolute atomic E-state index is 10.8. The summed E-state index contributed by atoms with van der Waals surface area (Å²) in [7, 11) is 1.72. The molecule has 0 saturated carbocycles. The Balaban J connectivity index is 2.31. The van der Waals surface area contributed by atoms with E-state index in [4.69, 9.17) is 9.84 Å². The van der Waals surface area contributed by atoms with E-state index in [0.29, 0.717) is 0 Å². The van der Waals surface area contributed by atoms with Gasteiger partial charge in [0.25, 0.3) is 0 Å². The smallest absolute Gasteiger partial charge is 0.320 e. The molecule has 0 aromatic heterocycles. The average molecular weight is 230 g/mol. The number of piperazine rings is 1. The highest BCUT2D eigenvalue weighted by atomic mass is 16.5. The molecule has 1 heterocycles. The molecule has 0 aliphatic carbocycles. The standard InChI is InChI=1S/C11H22N2O3/c1-9(16-3)8-12-4-6-13(7-5-12)10(2)11(14)15/h9-10H,4-8H2,1-3H3,(H,14,15). The van der Waals surface area contributed by atoms with E-state index in [-0.39, 0.29) is 12.1 Å². The Morgan fingerprint density at radius 2 is 1.88 bits per heavy atom. The number of aliphatic carboxylic acids is 1. The summed E-state index contributed by atoms with van der Waals surface area (Å²) in [6.45, 7) is 8.21. The Morgan fingerprint density at radius 3 is 2.31 bits per heavy atom. The van der Waals surface area contributed by atoms with Crippen molar-refractivity contribution in [3.8, 4) is 0 Å². The third kappa shape index (κ3) is 3.73. The minimum atomic E-state index is -0.737. The van der Waals surface area contributed by atoms with Crippen molar-refractivity contribution in [3.63, 3.8) is 0 Å². The molecule has 5 nitrogen and oxygen atoms in total. The fraction of sp³-hybridized carbons (Fsp3) is 0.909. The van der Waals surface area contributed by atoms with Crippen LogP contribution in [0.15, 0.2) is 0 Å². The van der Waals surface area contributed by atoms with E-state index in [1.165, 1.54) is 0 Å². The van der Waals surface area contributed by atoms with Crippen LogP contribution >= 0.6 is 0 Å². The van der Waals surface area contributed by atoms with Gasteiger partial charge in [-0.15, -0.1) is 0 Å². The number of carboxylic acids is 1. The summed E-state index contributed by atoms with van der Waals surface area (Å²) >= 11 is 0. The minimum Gasteiger partial charge on any atom is -0.480 e. The first-order chi connectivity index (χ1) is 7.54. The lowest BCUT2D eigenvalue weighted by Gasteiger charge is -2.37. The van der Waals surface area contributed by atoms with E-state index < -0.39 is 5.97 Å². The summed E-state index contributed by atoms with van der Waals surface area (Å²) in [6.07, 6.45) is 0.239. The maximum Gasteiger partial charge on any atom is 0.320 e. The van der Waals surface area contributed by atoms with Crippen LogP contribution in [0.2, 0.25) is 0 Å². The number of carboxylic acid groups (broad SMARTS) is 1. The monoisotopic (exact) mass is 230 g/mol. The molecule has 0 spiro atoms. The summed E-state index contributed by atoms with van der Waals surface area (Å²) < 4.78 is 5.22.